The van der Waals surface area contributed by atoms with Gasteiger partial charge < -0.3 is 9.55 Å². The van der Waals surface area contributed by atoms with Crippen LogP contribution in [0.2, 0.25) is 0 Å². The molecular formula is C41H32F4N8. The van der Waals surface area contributed by atoms with Gasteiger partial charge >= 0.3 is 0 Å². The summed E-state index contributed by atoms with van der Waals surface area (Å²) in [6, 6.07) is 0. The Hall–Kier alpha value is -6.04. The van der Waals surface area contributed by atoms with E-state index in [-0.39, 0.29) is 23.3 Å². The summed E-state index contributed by atoms with van der Waals surface area (Å²) in [5.74, 6) is 0.964. The van der Waals surface area contributed by atoms with Gasteiger partial charge in [0.05, 0.1) is 0 Å². The van der Waals surface area contributed by atoms with Gasteiger partial charge in [0.15, 0.2) is 23.3 Å². The minimum atomic E-state index is -1.76. The van der Waals surface area contributed by atoms with Crippen molar-refractivity contribution >= 4 is 69.2 Å². The molecule has 53 heavy (non-hydrogen) atoms. The summed E-state index contributed by atoms with van der Waals surface area (Å²) < 4.78 is 63.4. The number of alkyl halides is 4. The zero-order chi connectivity index (χ0) is 37.1. The minimum absolute atomic E-state index is 0.236. The lowest BCUT2D eigenvalue weighted by atomic mass is 10.1. The predicted octanol–water partition coefficient (Wildman–Crippen LogP) is 8.97. The smallest absolute Gasteiger partial charge is 0.164 e. The molecule has 5 heterocycles. The Kier molecular flexibility index (Phi) is 6.81. The van der Waals surface area contributed by atoms with Gasteiger partial charge in [0.1, 0.15) is 45.3 Å². The Morgan fingerprint density at radius 3 is 1.04 bits per heavy atom. The van der Waals surface area contributed by atoms with Crippen LogP contribution in [0.4, 0.5) is 17.6 Å². The lowest BCUT2D eigenvalue weighted by Crippen LogP contribution is -2.08. The number of aryl methyl sites for hydroxylation is 1. The number of nitrogens with one attached hydrogen (secondary N) is 1. The van der Waals surface area contributed by atoms with Crippen molar-refractivity contribution in [3.05, 3.63) is 118 Å². The Morgan fingerprint density at radius 1 is 0.415 bits per heavy atom. The second kappa shape index (κ2) is 11.0. The van der Waals surface area contributed by atoms with E-state index in [4.69, 9.17) is 29.9 Å². The molecular weight excluding hydrogens is 680 g/mol. The van der Waals surface area contributed by atoms with Crippen LogP contribution >= 0.6 is 0 Å². The van der Waals surface area contributed by atoms with Crippen molar-refractivity contribution in [3.63, 3.8) is 0 Å². The third kappa shape index (κ3) is 5.60. The fourth-order valence-electron chi connectivity index (χ4n) is 6.84. The maximum absolute atomic E-state index is 15.5. The van der Waals surface area contributed by atoms with Crippen molar-refractivity contribution in [2.45, 2.75) is 50.4 Å². The molecule has 1 N–H and O–H groups in total. The number of aromatic nitrogens is 8. The molecule has 0 aromatic carbocycles. The second-order valence-corrected chi connectivity index (χ2v) is 14.6. The third-order valence-electron chi connectivity index (χ3n) is 9.88. The van der Waals surface area contributed by atoms with Crippen LogP contribution in [-0.4, -0.2) is 62.1 Å². The summed E-state index contributed by atoms with van der Waals surface area (Å²) in [4.78, 5) is 33.0. The molecule has 9 rings (SSSR count). The number of allylic oxidation sites excluding steroid dienone is 16. The van der Waals surface area contributed by atoms with E-state index in [0.717, 1.165) is 0 Å². The van der Waals surface area contributed by atoms with Gasteiger partial charge in [0.2, 0.25) is 0 Å². The first-order chi connectivity index (χ1) is 25.1. The number of hydrogen-bond acceptors (Lipinski definition) is 6. The van der Waals surface area contributed by atoms with Gasteiger partial charge in [-0.3, -0.25) is 0 Å². The number of aromatic amines is 1. The SMILES string of the molecule is Cn1c2nc3nc(nc4[nH]c(nc5nc(nc1c1c2C=CC(C)(F)C=C1)C1=C5C=CC(C)(F)C=C1)c1c4C=CC(C)(F)C=C1)C1=C3C=CC(C)(F)C=C1. The van der Waals surface area contributed by atoms with Crippen LogP contribution in [0.3, 0.4) is 0 Å². The van der Waals surface area contributed by atoms with E-state index in [1.165, 1.54) is 76.3 Å². The highest BCUT2D eigenvalue weighted by molar-refractivity contribution is 6.02. The summed E-state index contributed by atoms with van der Waals surface area (Å²) in [6.07, 6.45) is 24.5. The van der Waals surface area contributed by atoms with Crippen LogP contribution in [0.1, 0.15) is 73.2 Å². The van der Waals surface area contributed by atoms with Crippen molar-refractivity contribution in [1.29, 1.82) is 0 Å². The van der Waals surface area contributed by atoms with Gasteiger partial charge in [0.25, 0.3) is 0 Å². The fourth-order valence-corrected chi connectivity index (χ4v) is 6.84. The monoisotopic (exact) mass is 712 g/mol. The lowest BCUT2D eigenvalue weighted by Gasteiger charge is -2.07. The second-order valence-electron chi connectivity index (χ2n) is 14.6. The molecule has 2 unspecified atom stereocenters. The van der Waals surface area contributed by atoms with E-state index in [9.17, 15) is 0 Å². The molecule has 2 atom stereocenters. The first-order valence-electron chi connectivity index (χ1n) is 17.1. The van der Waals surface area contributed by atoms with E-state index >= 15 is 17.6 Å². The van der Waals surface area contributed by atoms with Gasteiger partial charge in [0, 0.05) is 51.6 Å². The summed E-state index contributed by atoms with van der Waals surface area (Å²) in [5.41, 5.74) is -1.26. The van der Waals surface area contributed by atoms with E-state index in [1.54, 1.807) is 60.2 Å². The van der Waals surface area contributed by atoms with Gasteiger partial charge in [-0.15, -0.1) is 0 Å². The van der Waals surface area contributed by atoms with Crippen molar-refractivity contribution < 1.29 is 17.6 Å². The van der Waals surface area contributed by atoms with Crippen LogP contribution in [0, 0.1) is 0 Å². The van der Waals surface area contributed by atoms with Gasteiger partial charge in [-0.25, -0.2) is 47.5 Å². The van der Waals surface area contributed by atoms with Crippen molar-refractivity contribution in [2.75, 3.05) is 0 Å². The molecule has 264 valence electrons. The predicted molar refractivity (Wildman–Crippen MR) is 201 cm³/mol. The van der Waals surface area contributed by atoms with E-state index in [0.29, 0.717) is 67.1 Å². The van der Waals surface area contributed by atoms with Crippen LogP contribution < -0.4 is 0 Å². The maximum Gasteiger partial charge on any atom is 0.164 e. The van der Waals surface area contributed by atoms with Crippen molar-refractivity contribution in [1.82, 2.24) is 39.5 Å². The molecule has 8 nitrogen and oxygen atoms in total. The standard InChI is InChI=1S/C41H32F4N8/c1-38(42)14-6-22-23(7-15-38)31-46-30(22)47-32-24-8-16-39(2,43)18-10-26(24)34(49-32)51-36-28-12-20-41(4,45)21-13-29(28)37(53(36)5)52-35-27-11-19-40(3,44)17-9-25(27)33(48-31)50-35/h6-21H,1-5H3,(H,46,47,48,49,50,51,52). The molecule has 3 aromatic rings. The molecule has 0 fully saturated rings. The number of nitrogens with zero attached hydrogens (tertiary/aromatic N) is 7. The number of fused-ring (bicyclic) bond motifs is 18. The van der Waals surface area contributed by atoms with Crippen molar-refractivity contribution in [3.8, 4) is 0 Å². The Morgan fingerprint density at radius 2 is 0.698 bits per heavy atom. The molecule has 0 amide bonds. The first kappa shape index (κ1) is 32.8. The van der Waals surface area contributed by atoms with E-state index in [2.05, 4.69) is 4.98 Å². The summed E-state index contributed by atoms with van der Waals surface area (Å²) in [5, 5.41) is 0. The van der Waals surface area contributed by atoms with E-state index < -0.39 is 22.7 Å². The first-order valence-corrected chi connectivity index (χ1v) is 17.1. The molecule has 0 radical (unpaired) electrons. The average Bonchev–Trinajstić information content (AvgIpc) is 3.59. The molecule has 12 heteroatoms. The number of halogens is 4. The minimum Gasteiger partial charge on any atom is -0.324 e. The molecule has 4 aliphatic carbocycles. The average molecular weight is 713 g/mol. The summed E-state index contributed by atoms with van der Waals surface area (Å²) >= 11 is 0. The Balaban J connectivity index is 1.47. The van der Waals surface area contributed by atoms with E-state index in [1.807, 2.05) is 0 Å². The fraction of sp³-hybridized carbons (Fsp3) is 0.220. The molecule has 3 aromatic heterocycles. The van der Waals surface area contributed by atoms with Gasteiger partial charge in [-0.05, 0) is 76.3 Å². The van der Waals surface area contributed by atoms with Crippen LogP contribution in [-0.2, 0) is 7.05 Å². The number of H-pyrrole nitrogens is 1. The van der Waals surface area contributed by atoms with Crippen molar-refractivity contribution in [2.24, 2.45) is 7.05 Å². The topological polar surface area (TPSA) is 98.1 Å². The molecule has 6 aliphatic rings. The highest BCUT2D eigenvalue weighted by Crippen LogP contribution is 2.39. The lowest BCUT2D eigenvalue weighted by molar-refractivity contribution is 0.328. The Bertz CT molecular complexity index is 2510. The Labute approximate surface area is 301 Å². The summed E-state index contributed by atoms with van der Waals surface area (Å²) in [6.45, 7) is 5.76. The molecule has 0 spiro atoms. The molecule has 2 aliphatic heterocycles. The largest absolute Gasteiger partial charge is 0.324 e. The molecule has 0 saturated heterocycles. The van der Waals surface area contributed by atoms with Gasteiger partial charge in [-0.1, -0.05) is 48.6 Å². The highest BCUT2D eigenvalue weighted by atomic mass is 19.2. The number of hydrogen-bond donors (Lipinski definition) is 1. The van der Waals surface area contributed by atoms with Crippen LogP contribution in [0.25, 0.3) is 69.2 Å². The zero-order valence-electron chi connectivity index (χ0n) is 29.4. The van der Waals surface area contributed by atoms with Crippen LogP contribution in [0.15, 0.2) is 72.9 Å². The zero-order valence-corrected chi connectivity index (χ0v) is 29.4. The third-order valence-corrected chi connectivity index (χ3v) is 9.88. The molecule has 8 bridgehead atoms. The molecule has 0 saturated carbocycles. The van der Waals surface area contributed by atoms with Gasteiger partial charge in [-0.2, -0.15) is 0 Å². The van der Waals surface area contributed by atoms with Crippen LogP contribution in [0.5, 0.6) is 0 Å². The summed E-state index contributed by atoms with van der Waals surface area (Å²) in [7, 11) is 1.78. The highest BCUT2D eigenvalue weighted by Gasteiger charge is 2.30. The quantitative estimate of drug-likeness (QED) is 0.234. The maximum atomic E-state index is 15.5. The number of rotatable bonds is 0. The normalized spacial score (nSPS) is 28.0.